The minimum atomic E-state index is -0.425. The molecule has 3 aromatic rings. The van der Waals surface area contributed by atoms with Gasteiger partial charge in [0.05, 0.1) is 30.6 Å². The summed E-state index contributed by atoms with van der Waals surface area (Å²) in [5, 5.41) is 13.2. The third-order valence-corrected chi connectivity index (χ3v) is 6.47. The molecule has 2 N–H and O–H groups in total. The lowest BCUT2D eigenvalue weighted by molar-refractivity contribution is -0.113. The number of hydrogen-bond donors (Lipinski definition) is 2. The van der Waals surface area contributed by atoms with Crippen molar-refractivity contribution in [1.82, 2.24) is 15.2 Å². The van der Waals surface area contributed by atoms with Crippen molar-refractivity contribution in [2.45, 2.75) is 32.3 Å². The molecule has 0 saturated heterocycles. The number of nitrogens with one attached hydrogen (secondary N) is 2. The lowest BCUT2D eigenvalue weighted by atomic mass is 10.0. The first kappa shape index (κ1) is 25.1. The Balaban J connectivity index is 1.68. The maximum Gasteiger partial charge on any atom is 0.341 e. The van der Waals surface area contributed by atoms with E-state index in [1.54, 1.807) is 32.2 Å². The summed E-state index contributed by atoms with van der Waals surface area (Å²) in [6.45, 7) is 6.17. The van der Waals surface area contributed by atoms with Crippen LogP contribution in [0.5, 0.6) is 5.75 Å². The van der Waals surface area contributed by atoms with E-state index in [1.165, 1.54) is 23.1 Å². The van der Waals surface area contributed by atoms with Crippen LogP contribution < -0.4 is 10.1 Å². The Morgan fingerprint density at radius 2 is 2.12 bits per heavy atom. The second-order valence-electron chi connectivity index (χ2n) is 7.43. The van der Waals surface area contributed by atoms with Crippen LogP contribution in [0.25, 0.3) is 11.4 Å². The molecule has 0 spiro atoms. The number of methoxy groups -OCH3 is 1. The van der Waals surface area contributed by atoms with Gasteiger partial charge in [0, 0.05) is 5.02 Å². The number of aromatic nitrogens is 3. The van der Waals surface area contributed by atoms with Crippen LogP contribution in [0.3, 0.4) is 0 Å². The van der Waals surface area contributed by atoms with Crippen molar-refractivity contribution < 1.29 is 19.1 Å². The average molecular weight is 509 g/mol. The number of benzene rings is 1. The number of anilines is 1. The lowest BCUT2D eigenvalue weighted by Gasteiger charge is -2.09. The van der Waals surface area contributed by atoms with E-state index in [0.717, 1.165) is 12.0 Å². The van der Waals surface area contributed by atoms with E-state index >= 15 is 0 Å². The zero-order chi connectivity index (χ0) is 24.0. The molecule has 8 nitrogen and oxygen atoms in total. The van der Waals surface area contributed by atoms with Crippen LogP contribution in [-0.2, 0) is 16.0 Å². The maximum atomic E-state index is 12.6. The first-order chi connectivity index (χ1) is 15.8. The van der Waals surface area contributed by atoms with Crippen molar-refractivity contribution in [3.05, 3.63) is 39.7 Å². The van der Waals surface area contributed by atoms with Crippen molar-refractivity contribution in [2.24, 2.45) is 5.92 Å². The molecule has 0 saturated carbocycles. The highest BCUT2D eigenvalue weighted by molar-refractivity contribution is 7.99. The molecule has 11 heteroatoms. The highest BCUT2D eigenvalue weighted by atomic mass is 35.5. The van der Waals surface area contributed by atoms with Crippen LogP contribution in [0.2, 0.25) is 5.02 Å². The summed E-state index contributed by atoms with van der Waals surface area (Å²) in [6.07, 6.45) is 0.724. The van der Waals surface area contributed by atoms with Gasteiger partial charge in [0.25, 0.3) is 0 Å². The molecule has 33 heavy (non-hydrogen) atoms. The zero-order valence-corrected chi connectivity index (χ0v) is 21.1. The molecular formula is C22H25ClN4O4S2. The van der Waals surface area contributed by atoms with E-state index in [0.29, 0.717) is 43.8 Å². The third-order valence-electron chi connectivity index (χ3n) is 4.44. The Morgan fingerprint density at radius 1 is 1.33 bits per heavy atom. The molecule has 176 valence electrons. The second kappa shape index (κ2) is 11.5. The van der Waals surface area contributed by atoms with Gasteiger partial charge in [0.1, 0.15) is 10.8 Å². The van der Waals surface area contributed by atoms with Gasteiger partial charge in [0.2, 0.25) is 11.1 Å². The van der Waals surface area contributed by atoms with Gasteiger partial charge in [0.15, 0.2) is 5.82 Å². The predicted molar refractivity (Wildman–Crippen MR) is 132 cm³/mol. The summed E-state index contributed by atoms with van der Waals surface area (Å²) >= 11 is 8.58. The number of hydrogen-bond acceptors (Lipinski definition) is 8. The molecule has 1 aromatic carbocycles. The number of carbonyl (C=O) groups excluding carboxylic acids is 2. The molecule has 0 unspecified atom stereocenters. The Labute approximate surface area is 205 Å². The second-order valence-corrected chi connectivity index (χ2v) is 9.69. The number of H-pyrrole nitrogens is 1. The Morgan fingerprint density at radius 3 is 2.82 bits per heavy atom. The summed E-state index contributed by atoms with van der Waals surface area (Å²) < 4.78 is 10.5. The van der Waals surface area contributed by atoms with E-state index in [2.05, 4.69) is 34.3 Å². The summed E-state index contributed by atoms with van der Waals surface area (Å²) in [5.41, 5.74) is 1.98. The van der Waals surface area contributed by atoms with Gasteiger partial charge in [-0.25, -0.2) is 9.78 Å². The molecule has 0 radical (unpaired) electrons. The van der Waals surface area contributed by atoms with Crippen LogP contribution in [-0.4, -0.2) is 46.5 Å². The van der Waals surface area contributed by atoms with Gasteiger partial charge in [-0.3, -0.25) is 9.89 Å². The van der Waals surface area contributed by atoms with E-state index in [9.17, 15) is 9.59 Å². The highest BCUT2D eigenvalue weighted by Crippen LogP contribution is 2.32. The number of aromatic amines is 1. The smallest absolute Gasteiger partial charge is 0.341 e. The number of nitrogens with zero attached hydrogens (tertiary/aromatic N) is 2. The summed E-state index contributed by atoms with van der Waals surface area (Å²) in [4.78, 5) is 29.5. The van der Waals surface area contributed by atoms with Crippen molar-refractivity contribution in [2.75, 3.05) is 24.8 Å². The first-order valence-corrected chi connectivity index (χ1v) is 12.5. The number of esters is 1. The monoisotopic (exact) mass is 508 g/mol. The molecule has 2 heterocycles. The predicted octanol–water partition coefficient (Wildman–Crippen LogP) is 5.30. The fourth-order valence-electron chi connectivity index (χ4n) is 3.09. The van der Waals surface area contributed by atoms with Crippen LogP contribution in [0.15, 0.2) is 28.7 Å². The van der Waals surface area contributed by atoms with Crippen molar-refractivity contribution >= 4 is 51.6 Å². The number of thiophene rings is 1. The summed E-state index contributed by atoms with van der Waals surface area (Å²) in [7, 11) is 1.56. The van der Waals surface area contributed by atoms with E-state index in [4.69, 9.17) is 21.1 Å². The highest BCUT2D eigenvalue weighted by Gasteiger charge is 2.22. The fraction of sp³-hybridized carbons (Fsp3) is 0.364. The normalized spacial score (nSPS) is 11.0. The van der Waals surface area contributed by atoms with Crippen LogP contribution in [0.4, 0.5) is 5.00 Å². The first-order valence-electron chi connectivity index (χ1n) is 10.3. The molecule has 0 aliphatic heterocycles. The standard InChI is InChI=1S/C22H25ClN4O4S2/c1-5-31-21(29)18-13(8-12(2)3)10-32-20(18)24-17(28)11-33-22-25-19(26-27-22)15-9-14(23)6-7-16(15)30-4/h6-7,9-10,12H,5,8,11H2,1-4H3,(H,24,28)(H,25,26,27). The van der Waals surface area contributed by atoms with Gasteiger partial charge in [-0.05, 0) is 48.4 Å². The van der Waals surface area contributed by atoms with Gasteiger partial charge in [-0.2, -0.15) is 0 Å². The number of ether oxygens (including phenoxy) is 2. The fourth-order valence-corrected chi connectivity index (χ4v) is 4.84. The Bertz CT molecular complexity index is 1130. The van der Waals surface area contributed by atoms with Gasteiger partial charge in [-0.1, -0.05) is 37.2 Å². The van der Waals surface area contributed by atoms with Gasteiger partial charge < -0.3 is 14.8 Å². The van der Waals surface area contributed by atoms with Gasteiger partial charge >= 0.3 is 5.97 Å². The molecule has 0 aliphatic carbocycles. The molecule has 0 aliphatic rings. The average Bonchev–Trinajstić information content (AvgIpc) is 3.39. The molecule has 0 bridgehead atoms. The molecule has 3 rings (SSSR count). The van der Waals surface area contributed by atoms with Crippen molar-refractivity contribution in [1.29, 1.82) is 0 Å². The Kier molecular flexibility index (Phi) is 8.76. The van der Waals surface area contributed by atoms with Gasteiger partial charge in [-0.15, -0.1) is 16.4 Å². The molecule has 0 atom stereocenters. The zero-order valence-electron chi connectivity index (χ0n) is 18.7. The van der Waals surface area contributed by atoms with Crippen molar-refractivity contribution in [3.8, 4) is 17.1 Å². The number of thioether (sulfide) groups is 1. The quantitative estimate of drug-likeness (QED) is 0.282. The minimum Gasteiger partial charge on any atom is -0.496 e. The largest absolute Gasteiger partial charge is 0.496 e. The maximum absolute atomic E-state index is 12.6. The van der Waals surface area contributed by atoms with Crippen LogP contribution in [0.1, 0.15) is 36.7 Å². The number of halogens is 1. The van der Waals surface area contributed by atoms with E-state index in [-0.39, 0.29) is 18.3 Å². The van der Waals surface area contributed by atoms with Crippen molar-refractivity contribution in [3.63, 3.8) is 0 Å². The number of carbonyl (C=O) groups is 2. The topological polar surface area (TPSA) is 106 Å². The number of amides is 1. The molecule has 0 fully saturated rings. The van der Waals surface area contributed by atoms with E-state index in [1.807, 2.05) is 5.38 Å². The Hall–Kier alpha value is -2.56. The van der Waals surface area contributed by atoms with Crippen LogP contribution >= 0.6 is 34.7 Å². The number of rotatable bonds is 10. The molecule has 1 amide bonds. The minimum absolute atomic E-state index is 0.0731. The molecule has 2 aromatic heterocycles. The van der Waals surface area contributed by atoms with Crippen LogP contribution in [0, 0.1) is 5.92 Å². The lowest BCUT2D eigenvalue weighted by Crippen LogP contribution is -2.17. The SMILES string of the molecule is CCOC(=O)c1c(CC(C)C)csc1NC(=O)CSc1n[nH]c(-c2cc(Cl)ccc2OC)n1. The van der Waals surface area contributed by atoms with E-state index < -0.39 is 5.97 Å². The summed E-state index contributed by atoms with van der Waals surface area (Å²) in [6, 6.07) is 5.20. The molecular weight excluding hydrogens is 484 g/mol. The third kappa shape index (κ3) is 6.49. The summed E-state index contributed by atoms with van der Waals surface area (Å²) in [5.74, 6) is 0.833.